The van der Waals surface area contributed by atoms with Gasteiger partial charge in [0, 0.05) is 0 Å². The summed E-state index contributed by atoms with van der Waals surface area (Å²) in [7, 11) is 1.28. The van der Waals surface area contributed by atoms with Gasteiger partial charge in [0.2, 0.25) is 5.82 Å². The molecule has 1 saturated carbocycles. The molecule has 1 aliphatic carbocycles. The summed E-state index contributed by atoms with van der Waals surface area (Å²) in [5.74, 6) is -2.43. The zero-order chi connectivity index (χ0) is 11.7. The molecule has 0 spiro atoms. The molecule has 1 heterocycles. The molecule has 0 aliphatic heterocycles. The lowest BCUT2D eigenvalue weighted by molar-refractivity contribution is -0.143. The fourth-order valence-electron chi connectivity index (χ4n) is 1.59. The predicted molar refractivity (Wildman–Crippen MR) is 51.1 cm³/mol. The lowest BCUT2D eigenvalue weighted by atomic mass is 10.0. The van der Waals surface area contributed by atoms with Gasteiger partial charge in [0.05, 0.1) is 13.3 Å². The Morgan fingerprint density at radius 3 is 2.88 bits per heavy atom. The first kappa shape index (κ1) is 10.8. The molecule has 1 unspecified atom stereocenters. The van der Waals surface area contributed by atoms with E-state index in [1.165, 1.54) is 7.11 Å². The van der Waals surface area contributed by atoms with Crippen LogP contribution in [0.5, 0.6) is 5.88 Å². The van der Waals surface area contributed by atoms with Crippen molar-refractivity contribution in [1.82, 2.24) is 9.97 Å². The minimum absolute atomic E-state index is 0.119. The molecule has 1 N–H and O–H groups in total. The van der Waals surface area contributed by atoms with Crippen LogP contribution in [0, 0.1) is 11.7 Å². The summed E-state index contributed by atoms with van der Waals surface area (Å²) in [6.07, 6.45) is 2.64. The minimum atomic E-state index is -0.900. The summed E-state index contributed by atoms with van der Waals surface area (Å²) in [6.45, 7) is 0. The standard InChI is InChI=1S/C10H11FN2O3/c1-16-10(15)7(5-2-3-5)8-12-4-6(11)9(14)13-8/h4-5,7H,2-3H2,1H3,(H,12,13,14). The van der Waals surface area contributed by atoms with Crippen LogP contribution in [0.15, 0.2) is 6.20 Å². The van der Waals surface area contributed by atoms with Gasteiger partial charge in [0.15, 0.2) is 0 Å². The Hall–Kier alpha value is -1.72. The van der Waals surface area contributed by atoms with Gasteiger partial charge >= 0.3 is 5.97 Å². The van der Waals surface area contributed by atoms with Gasteiger partial charge in [-0.1, -0.05) is 0 Å². The quantitative estimate of drug-likeness (QED) is 0.778. The van der Waals surface area contributed by atoms with E-state index in [1.54, 1.807) is 0 Å². The van der Waals surface area contributed by atoms with Gasteiger partial charge in [0.1, 0.15) is 11.7 Å². The lowest BCUT2D eigenvalue weighted by Gasteiger charge is -2.11. The Labute approximate surface area is 91.3 Å². The molecule has 0 amide bonds. The summed E-state index contributed by atoms with van der Waals surface area (Å²) >= 11 is 0. The van der Waals surface area contributed by atoms with Crippen LogP contribution in [0.25, 0.3) is 0 Å². The third-order valence-corrected chi connectivity index (χ3v) is 2.57. The number of nitrogens with zero attached hydrogens (tertiary/aromatic N) is 2. The van der Waals surface area contributed by atoms with E-state index < -0.39 is 23.6 Å². The molecule has 1 aliphatic rings. The average Bonchev–Trinajstić information content (AvgIpc) is 3.07. The monoisotopic (exact) mass is 226 g/mol. The van der Waals surface area contributed by atoms with Crippen molar-refractivity contribution in [3.63, 3.8) is 0 Å². The molecule has 0 saturated heterocycles. The number of rotatable bonds is 3. The second-order valence-corrected chi connectivity index (χ2v) is 3.74. The molecule has 1 aromatic heterocycles. The van der Waals surface area contributed by atoms with E-state index in [1.807, 2.05) is 0 Å². The summed E-state index contributed by atoms with van der Waals surface area (Å²) < 4.78 is 17.4. The van der Waals surface area contributed by atoms with E-state index >= 15 is 0 Å². The van der Waals surface area contributed by atoms with E-state index in [9.17, 15) is 9.18 Å². The Morgan fingerprint density at radius 2 is 2.38 bits per heavy atom. The number of esters is 1. The summed E-state index contributed by atoms with van der Waals surface area (Å²) in [5, 5.41) is 9.13. The Morgan fingerprint density at radius 1 is 1.69 bits per heavy atom. The predicted octanol–water partition coefficient (Wildman–Crippen LogP) is 0.988. The van der Waals surface area contributed by atoms with E-state index in [0.717, 1.165) is 19.0 Å². The first-order valence-corrected chi connectivity index (χ1v) is 4.92. The number of halogens is 1. The maximum atomic E-state index is 12.8. The summed E-state index contributed by atoms with van der Waals surface area (Å²) in [5.41, 5.74) is 0. The van der Waals surface area contributed by atoms with E-state index in [4.69, 9.17) is 5.11 Å². The van der Waals surface area contributed by atoms with Crippen LogP contribution >= 0.6 is 0 Å². The largest absolute Gasteiger partial charge is 0.491 e. The molecular weight excluding hydrogens is 215 g/mol. The molecule has 5 nitrogen and oxygen atoms in total. The van der Waals surface area contributed by atoms with Crippen LogP contribution in [0.1, 0.15) is 24.6 Å². The topological polar surface area (TPSA) is 72.3 Å². The number of aromatic hydroxyl groups is 1. The number of aromatic nitrogens is 2. The second-order valence-electron chi connectivity index (χ2n) is 3.74. The second kappa shape index (κ2) is 4.03. The van der Waals surface area contributed by atoms with Gasteiger partial charge in [-0.25, -0.2) is 4.98 Å². The third kappa shape index (κ3) is 1.95. The maximum Gasteiger partial charge on any atom is 0.316 e. The number of ether oxygens (including phenoxy) is 1. The Balaban J connectivity index is 2.31. The van der Waals surface area contributed by atoms with E-state index in [-0.39, 0.29) is 11.7 Å². The van der Waals surface area contributed by atoms with Crippen LogP contribution in [0.3, 0.4) is 0 Å². The highest BCUT2D eigenvalue weighted by molar-refractivity contribution is 5.77. The minimum Gasteiger partial charge on any atom is -0.491 e. The Bertz CT molecular complexity index is 421. The molecule has 2 rings (SSSR count). The number of hydrogen-bond donors (Lipinski definition) is 1. The van der Waals surface area contributed by atoms with Crippen molar-refractivity contribution in [1.29, 1.82) is 0 Å². The lowest BCUT2D eigenvalue weighted by Crippen LogP contribution is -2.19. The average molecular weight is 226 g/mol. The zero-order valence-electron chi connectivity index (χ0n) is 8.68. The van der Waals surface area contributed by atoms with Gasteiger partial charge in [-0.2, -0.15) is 9.37 Å². The SMILES string of the molecule is COC(=O)C(c1ncc(F)c(O)n1)C1CC1. The van der Waals surface area contributed by atoms with Crippen molar-refractivity contribution in [3.8, 4) is 5.88 Å². The molecular formula is C10H11FN2O3. The highest BCUT2D eigenvalue weighted by Crippen LogP contribution is 2.42. The van der Waals surface area contributed by atoms with Crippen molar-refractivity contribution in [2.24, 2.45) is 5.92 Å². The number of methoxy groups -OCH3 is 1. The highest BCUT2D eigenvalue weighted by atomic mass is 19.1. The first-order valence-electron chi connectivity index (χ1n) is 4.92. The van der Waals surface area contributed by atoms with Crippen LogP contribution < -0.4 is 0 Å². The van der Waals surface area contributed by atoms with Gasteiger partial charge in [-0.05, 0) is 18.8 Å². The number of hydrogen-bond acceptors (Lipinski definition) is 5. The van der Waals surface area contributed by atoms with Crippen LogP contribution in [-0.2, 0) is 9.53 Å². The first-order chi connectivity index (χ1) is 7.63. The molecule has 1 atom stereocenters. The number of carbonyl (C=O) groups excluding carboxylic acids is 1. The molecule has 6 heteroatoms. The molecule has 1 aromatic rings. The third-order valence-electron chi connectivity index (χ3n) is 2.57. The van der Waals surface area contributed by atoms with Gasteiger partial charge in [0.25, 0.3) is 5.88 Å². The molecule has 1 fully saturated rings. The van der Waals surface area contributed by atoms with Crippen molar-refractivity contribution in [2.45, 2.75) is 18.8 Å². The number of carbonyl (C=O) groups is 1. The van der Waals surface area contributed by atoms with Crippen LogP contribution in [-0.4, -0.2) is 28.2 Å². The Kier molecular flexibility index (Phi) is 2.72. The van der Waals surface area contributed by atoms with Crippen molar-refractivity contribution in [3.05, 3.63) is 17.8 Å². The summed E-state index contributed by atoms with van der Waals surface area (Å²) in [4.78, 5) is 18.8. The van der Waals surface area contributed by atoms with Crippen molar-refractivity contribution >= 4 is 5.97 Å². The summed E-state index contributed by atoms with van der Waals surface area (Å²) in [6, 6.07) is 0. The molecule has 0 bridgehead atoms. The van der Waals surface area contributed by atoms with Gasteiger partial charge in [-0.15, -0.1) is 0 Å². The van der Waals surface area contributed by atoms with Gasteiger partial charge in [-0.3, -0.25) is 4.79 Å². The van der Waals surface area contributed by atoms with Crippen molar-refractivity contribution in [2.75, 3.05) is 7.11 Å². The molecule has 0 radical (unpaired) electrons. The molecule has 0 aromatic carbocycles. The fraction of sp³-hybridized carbons (Fsp3) is 0.500. The van der Waals surface area contributed by atoms with E-state index in [2.05, 4.69) is 14.7 Å². The highest BCUT2D eigenvalue weighted by Gasteiger charge is 2.40. The van der Waals surface area contributed by atoms with Crippen LogP contribution in [0.2, 0.25) is 0 Å². The van der Waals surface area contributed by atoms with Crippen LogP contribution in [0.4, 0.5) is 4.39 Å². The molecule has 16 heavy (non-hydrogen) atoms. The maximum absolute atomic E-state index is 12.8. The molecule has 86 valence electrons. The fourth-order valence-corrected chi connectivity index (χ4v) is 1.59. The van der Waals surface area contributed by atoms with Gasteiger partial charge < -0.3 is 9.84 Å². The normalized spacial score (nSPS) is 16.9. The van der Waals surface area contributed by atoms with E-state index in [0.29, 0.717) is 0 Å². The zero-order valence-corrected chi connectivity index (χ0v) is 8.68. The smallest absolute Gasteiger partial charge is 0.316 e. The van der Waals surface area contributed by atoms with Crippen molar-refractivity contribution < 1.29 is 19.0 Å².